The average Bonchev–Trinajstić information content (AvgIpc) is 1.81. The summed E-state index contributed by atoms with van der Waals surface area (Å²) < 4.78 is 60.0. The van der Waals surface area contributed by atoms with E-state index in [4.69, 9.17) is 5.73 Å². The Labute approximate surface area is 133 Å². The molecule has 1 atom stereocenters. The molecule has 0 heterocycles. The maximum absolute atomic E-state index is 10.5. The van der Waals surface area contributed by atoms with Crippen molar-refractivity contribution in [1.82, 2.24) is 0 Å². The summed E-state index contributed by atoms with van der Waals surface area (Å²) in [5.74, 6) is -1.30. The molecule has 0 aliphatic heterocycles. The van der Waals surface area contributed by atoms with E-state index in [2.05, 4.69) is 0 Å². The average molecular weight is 277 g/mol. The van der Waals surface area contributed by atoms with Gasteiger partial charge in [-0.2, -0.15) is 0 Å². The molecule has 2 N–H and O–H groups in total. The maximum atomic E-state index is 10.5. The molecule has 0 saturated carbocycles. The predicted octanol–water partition coefficient (Wildman–Crippen LogP) is -8.20. The van der Waals surface area contributed by atoms with Crippen LogP contribution in [0.2, 0.25) is 0 Å². The number of hydrogen-bond acceptors (Lipinski definition) is 7. The fourth-order valence-electron chi connectivity index (χ4n) is 0.607. The summed E-state index contributed by atoms with van der Waals surface area (Å²) in [7, 11) is -9.69. The first-order valence-electron chi connectivity index (χ1n) is 3.11. The standard InChI is InChI=1S/C4H11NO6S2.2Na/c1-4(2-5,13(9,10)11)3-12(6,7)8;;/h2-3,5H2,1H3,(H,6,7,8)(H,9,10,11);;/q;2*+1/p-2. The Bertz CT molecular complexity index is 378. The molecule has 0 amide bonds. The predicted molar refractivity (Wildman–Crippen MR) is 41.7 cm³/mol. The first-order chi connectivity index (χ1) is 5.52. The molecule has 0 aliphatic carbocycles. The van der Waals surface area contributed by atoms with Crippen LogP contribution in [0.4, 0.5) is 0 Å². The molecule has 1 unspecified atom stereocenters. The van der Waals surface area contributed by atoms with Gasteiger partial charge in [-0.1, -0.05) is 0 Å². The summed E-state index contributed by atoms with van der Waals surface area (Å²) in [6.45, 7) is 0.116. The molecule has 0 rings (SSSR count). The topological polar surface area (TPSA) is 140 Å². The van der Waals surface area contributed by atoms with Gasteiger partial charge in [-0.3, -0.25) is 0 Å². The van der Waals surface area contributed by atoms with Crippen LogP contribution in [0.1, 0.15) is 6.92 Å². The Hall–Kier alpha value is 1.78. The van der Waals surface area contributed by atoms with Gasteiger partial charge < -0.3 is 14.8 Å². The van der Waals surface area contributed by atoms with Crippen LogP contribution in [-0.2, 0) is 20.2 Å². The van der Waals surface area contributed by atoms with E-state index >= 15 is 0 Å². The molecule has 0 aromatic rings. The molecule has 15 heavy (non-hydrogen) atoms. The molecule has 0 aromatic carbocycles. The van der Waals surface area contributed by atoms with E-state index in [9.17, 15) is 25.9 Å². The van der Waals surface area contributed by atoms with Gasteiger partial charge in [0.25, 0.3) is 0 Å². The molecule has 0 radical (unpaired) electrons. The van der Waals surface area contributed by atoms with Gasteiger partial charge in [-0.25, -0.2) is 16.8 Å². The molecule has 7 nitrogen and oxygen atoms in total. The van der Waals surface area contributed by atoms with Crippen molar-refractivity contribution in [3.05, 3.63) is 0 Å². The van der Waals surface area contributed by atoms with Crippen molar-refractivity contribution in [3.8, 4) is 0 Å². The van der Waals surface area contributed by atoms with Gasteiger partial charge in [0.15, 0.2) is 0 Å². The second-order valence-electron chi connectivity index (χ2n) is 2.81. The SMILES string of the molecule is CC(CN)(CS(=O)(=O)[O-])S(=O)(=O)[O-].[Na+].[Na+]. The van der Waals surface area contributed by atoms with E-state index in [1.807, 2.05) is 0 Å². The summed E-state index contributed by atoms with van der Waals surface area (Å²) in [5, 5.41) is 0. The van der Waals surface area contributed by atoms with Crippen molar-refractivity contribution in [2.45, 2.75) is 11.7 Å². The largest absolute Gasteiger partial charge is 1.00 e. The Morgan fingerprint density at radius 1 is 1.13 bits per heavy atom. The normalized spacial score (nSPS) is 15.7. The molecule has 0 spiro atoms. The van der Waals surface area contributed by atoms with Gasteiger partial charge in [-0.15, -0.1) is 0 Å². The second kappa shape index (κ2) is 7.27. The molecule has 0 fully saturated rings. The third-order valence-electron chi connectivity index (χ3n) is 1.52. The number of hydrogen-bond donors (Lipinski definition) is 1. The van der Waals surface area contributed by atoms with Crippen LogP contribution in [0, 0.1) is 0 Å². The summed E-state index contributed by atoms with van der Waals surface area (Å²) >= 11 is 0. The monoisotopic (exact) mass is 277 g/mol. The molecule has 80 valence electrons. The quantitative estimate of drug-likeness (QED) is 0.397. The molecule has 11 heteroatoms. The Morgan fingerprint density at radius 3 is 1.53 bits per heavy atom. The van der Waals surface area contributed by atoms with Gasteiger partial charge >= 0.3 is 59.1 Å². The van der Waals surface area contributed by atoms with Gasteiger partial charge in [0.2, 0.25) is 0 Å². The van der Waals surface area contributed by atoms with Crippen LogP contribution in [0.15, 0.2) is 0 Å². The maximum Gasteiger partial charge on any atom is 1.00 e. The Balaban J connectivity index is -0.000000720. The fourth-order valence-corrected chi connectivity index (χ4v) is 2.69. The molecule has 0 aliphatic rings. The van der Waals surface area contributed by atoms with Crippen molar-refractivity contribution < 1.29 is 85.1 Å². The first kappa shape index (κ1) is 22.0. The number of rotatable bonds is 4. The summed E-state index contributed by atoms with van der Waals surface area (Å²) in [4.78, 5) is 0. The molecule has 0 saturated heterocycles. The van der Waals surface area contributed by atoms with Gasteiger partial charge in [0.05, 0.1) is 20.6 Å². The van der Waals surface area contributed by atoms with E-state index in [1.165, 1.54) is 0 Å². The summed E-state index contributed by atoms with van der Waals surface area (Å²) in [5.41, 5.74) is 4.92. The van der Waals surface area contributed by atoms with Crippen LogP contribution in [0.5, 0.6) is 0 Å². The van der Waals surface area contributed by atoms with Crippen molar-refractivity contribution in [1.29, 1.82) is 0 Å². The first-order valence-corrected chi connectivity index (χ1v) is 6.09. The zero-order valence-corrected chi connectivity index (χ0v) is 14.4. The van der Waals surface area contributed by atoms with Crippen LogP contribution < -0.4 is 64.8 Å². The molecular formula is C4H9NNa2O6S2. The van der Waals surface area contributed by atoms with Crippen LogP contribution in [0.25, 0.3) is 0 Å². The minimum atomic E-state index is -4.90. The minimum absolute atomic E-state index is 0. The van der Waals surface area contributed by atoms with Gasteiger partial charge in [0, 0.05) is 6.54 Å². The van der Waals surface area contributed by atoms with Crippen molar-refractivity contribution in [2.24, 2.45) is 5.73 Å². The summed E-state index contributed by atoms with van der Waals surface area (Å²) in [6, 6.07) is 0. The van der Waals surface area contributed by atoms with E-state index in [-0.39, 0.29) is 59.1 Å². The van der Waals surface area contributed by atoms with Gasteiger partial charge in [-0.05, 0) is 6.92 Å². The van der Waals surface area contributed by atoms with Crippen LogP contribution >= 0.6 is 0 Å². The van der Waals surface area contributed by atoms with Crippen LogP contribution in [-0.4, -0.2) is 43.0 Å². The van der Waals surface area contributed by atoms with Crippen LogP contribution in [0.3, 0.4) is 0 Å². The van der Waals surface area contributed by atoms with E-state index in [0.717, 1.165) is 6.92 Å². The van der Waals surface area contributed by atoms with Crippen molar-refractivity contribution in [3.63, 3.8) is 0 Å². The number of nitrogens with two attached hydrogens (primary N) is 1. The Morgan fingerprint density at radius 2 is 1.47 bits per heavy atom. The third kappa shape index (κ3) is 7.66. The smallest absolute Gasteiger partial charge is 0.748 e. The molecular weight excluding hydrogens is 268 g/mol. The van der Waals surface area contributed by atoms with Crippen molar-refractivity contribution >= 4 is 20.2 Å². The van der Waals surface area contributed by atoms with E-state index in [1.54, 1.807) is 0 Å². The van der Waals surface area contributed by atoms with Gasteiger partial charge in [0.1, 0.15) is 10.1 Å². The molecule has 0 bridgehead atoms. The van der Waals surface area contributed by atoms with Crippen molar-refractivity contribution in [2.75, 3.05) is 12.3 Å². The minimum Gasteiger partial charge on any atom is -0.748 e. The molecule has 0 aromatic heterocycles. The second-order valence-corrected chi connectivity index (χ2v) is 6.11. The Kier molecular flexibility index (Phi) is 10.7. The zero-order valence-electron chi connectivity index (χ0n) is 8.76. The van der Waals surface area contributed by atoms with E-state index < -0.39 is 37.3 Å². The fraction of sp³-hybridized carbons (Fsp3) is 1.00. The summed E-state index contributed by atoms with van der Waals surface area (Å²) in [6.07, 6.45) is 0. The van der Waals surface area contributed by atoms with E-state index in [0.29, 0.717) is 0 Å². The third-order valence-corrected chi connectivity index (χ3v) is 4.21. The zero-order chi connectivity index (χ0) is 10.9.